The number of benzene rings is 1. The molecule has 1 spiro atoms. The van der Waals surface area contributed by atoms with Crippen LogP contribution in [0.4, 0.5) is 9.59 Å². The molecule has 1 saturated heterocycles. The molecule has 9 heteroatoms. The molecule has 2 aliphatic rings. The van der Waals surface area contributed by atoms with Gasteiger partial charge in [-0.1, -0.05) is 26.0 Å². The Morgan fingerprint density at radius 1 is 1.16 bits per heavy atom. The molecule has 0 radical (unpaired) electrons. The molecule has 9 nitrogen and oxygen atoms in total. The van der Waals surface area contributed by atoms with Gasteiger partial charge in [-0.05, 0) is 69.7 Å². The maximum atomic E-state index is 13.6. The summed E-state index contributed by atoms with van der Waals surface area (Å²) in [6.07, 6.45) is 4.32. The van der Waals surface area contributed by atoms with Gasteiger partial charge >= 0.3 is 12.1 Å². The van der Waals surface area contributed by atoms with Gasteiger partial charge in [0, 0.05) is 44.3 Å². The normalized spacial score (nSPS) is 18.4. The van der Waals surface area contributed by atoms with E-state index < -0.39 is 5.60 Å². The van der Waals surface area contributed by atoms with Gasteiger partial charge < -0.3 is 24.6 Å². The van der Waals surface area contributed by atoms with Crippen molar-refractivity contribution in [1.82, 2.24) is 24.9 Å². The van der Waals surface area contributed by atoms with Gasteiger partial charge in [0.05, 0.1) is 18.8 Å². The first kappa shape index (κ1) is 27.8. The van der Waals surface area contributed by atoms with Gasteiger partial charge in [0.1, 0.15) is 11.4 Å². The van der Waals surface area contributed by atoms with Crippen molar-refractivity contribution < 1.29 is 19.1 Å². The van der Waals surface area contributed by atoms with Crippen LogP contribution in [0.15, 0.2) is 36.5 Å². The number of carbonyl (C=O) groups excluding carboxylic acids is 2. The van der Waals surface area contributed by atoms with E-state index >= 15 is 0 Å². The number of likely N-dealkylation sites (tertiary alicyclic amines) is 1. The SMILES string of the molecule is CC(C)COc1ccc(CN(Cc2ccn(C)n2)C(=O)N[C@H]2CCN(C(=O)OC(C)(C)C)CC23CC3)cc1. The second kappa shape index (κ2) is 11.3. The molecule has 1 atom stereocenters. The van der Waals surface area contributed by atoms with Crippen molar-refractivity contribution in [2.75, 3.05) is 19.7 Å². The first-order valence-electron chi connectivity index (χ1n) is 13.7. The fourth-order valence-electron chi connectivity index (χ4n) is 4.89. The monoisotopic (exact) mass is 525 g/mol. The van der Waals surface area contributed by atoms with E-state index in [0.29, 0.717) is 45.1 Å². The van der Waals surface area contributed by atoms with Crippen LogP contribution >= 0.6 is 0 Å². The number of urea groups is 1. The molecular formula is C29H43N5O4. The molecule has 0 bridgehead atoms. The van der Waals surface area contributed by atoms with E-state index in [0.717, 1.165) is 29.8 Å². The first-order chi connectivity index (χ1) is 17.9. The second-order valence-electron chi connectivity index (χ2n) is 12.2. The zero-order valence-corrected chi connectivity index (χ0v) is 23.7. The average molecular weight is 526 g/mol. The molecule has 2 fully saturated rings. The van der Waals surface area contributed by atoms with Gasteiger partial charge in [0.25, 0.3) is 0 Å². The summed E-state index contributed by atoms with van der Waals surface area (Å²) in [5.74, 6) is 1.29. The molecule has 1 aromatic heterocycles. The summed E-state index contributed by atoms with van der Waals surface area (Å²) in [6, 6.07) is 9.78. The number of nitrogens with zero attached hydrogens (tertiary/aromatic N) is 4. The smallest absolute Gasteiger partial charge is 0.410 e. The van der Waals surface area contributed by atoms with E-state index in [-0.39, 0.29) is 23.6 Å². The molecule has 4 rings (SSSR count). The number of rotatable bonds is 8. The lowest BCUT2D eigenvalue weighted by atomic mass is 9.89. The number of ether oxygens (including phenoxy) is 2. The van der Waals surface area contributed by atoms with E-state index in [1.165, 1.54) is 0 Å². The molecule has 1 aromatic carbocycles. The average Bonchev–Trinajstić information content (AvgIpc) is 3.49. The Labute approximate surface area is 226 Å². The quantitative estimate of drug-likeness (QED) is 0.527. The number of nitrogens with one attached hydrogen (secondary N) is 1. The number of aromatic nitrogens is 2. The molecule has 1 N–H and O–H groups in total. The highest BCUT2D eigenvalue weighted by molar-refractivity contribution is 5.75. The van der Waals surface area contributed by atoms with Crippen molar-refractivity contribution in [3.8, 4) is 5.75 Å². The summed E-state index contributed by atoms with van der Waals surface area (Å²) < 4.78 is 13.2. The maximum Gasteiger partial charge on any atom is 0.410 e. The minimum Gasteiger partial charge on any atom is -0.493 e. The highest BCUT2D eigenvalue weighted by Gasteiger charge is 2.54. The Morgan fingerprint density at radius 2 is 1.87 bits per heavy atom. The summed E-state index contributed by atoms with van der Waals surface area (Å²) in [4.78, 5) is 29.9. The van der Waals surface area contributed by atoms with Crippen LogP contribution in [-0.2, 0) is 24.9 Å². The maximum absolute atomic E-state index is 13.6. The molecule has 208 valence electrons. The van der Waals surface area contributed by atoms with Gasteiger partial charge in [0.2, 0.25) is 0 Å². The Bertz CT molecular complexity index is 1100. The zero-order chi connectivity index (χ0) is 27.5. The van der Waals surface area contributed by atoms with Crippen molar-refractivity contribution in [3.63, 3.8) is 0 Å². The van der Waals surface area contributed by atoms with Gasteiger partial charge in [0.15, 0.2) is 0 Å². The molecule has 1 aliphatic heterocycles. The number of aryl methyl sites for hydroxylation is 1. The van der Waals surface area contributed by atoms with Gasteiger partial charge in [-0.2, -0.15) is 5.10 Å². The Morgan fingerprint density at radius 3 is 2.45 bits per heavy atom. The van der Waals surface area contributed by atoms with Crippen LogP contribution in [0.2, 0.25) is 0 Å². The molecule has 1 aliphatic carbocycles. The standard InChI is InChI=1S/C29H43N5O4/c1-21(2)19-37-24-9-7-22(8-10-24)17-34(18-23-11-15-32(6)31-23)26(35)30-25-12-16-33(20-29(25)13-14-29)27(36)38-28(3,4)5/h7-11,15,21,25H,12-14,16-20H2,1-6H3,(H,30,35)/t25-/m0/s1. The number of piperidine rings is 1. The van der Waals surface area contributed by atoms with Crippen molar-refractivity contribution in [3.05, 3.63) is 47.8 Å². The van der Waals surface area contributed by atoms with Crippen molar-refractivity contribution >= 4 is 12.1 Å². The summed E-state index contributed by atoms with van der Waals surface area (Å²) in [5, 5.41) is 7.81. The van der Waals surface area contributed by atoms with Crippen LogP contribution in [0.25, 0.3) is 0 Å². The fraction of sp³-hybridized carbons (Fsp3) is 0.621. The minimum absolute atomic E-state index is 0.0201. The molecule has 0 unspecified atom stereocenters. The van der Waals surface area contributed by atoms with Crippen LogP contribution in [0.1, 0.15) is 65.1 Å². The van der Waals surface area contributed by atoms with E-state index in [1.807, 2.05) is 69.2 Å². The molecule has 1 saturated carbocycles. The zero-order valence-electron chi connectivity index (χ0n) is 23.7. The summed E-state index contributed by atoms with van der Waals surface area (Å²) in [6.45, 7) is 12.6. The van der Waals surface area contributed by atoms with Crippen LogP contribution < -0.4 is 10.1 Å². The molecule has 2 aromatic rings. The predicted octanol–water partition coefficient (Wildman–Crippen LogP) is 4.96. The third-order valence-corrected chi connectivity index (χ3v) is 7.06. The second-order valence-corrected chi connectivity index (χ2v) is 12.2. The van der Waals surface area contributed by atoms with Crippen molar-refractivity contribution in [2.45, 2.75) is 78.6 Å². The van der Waals surface area contributed by atoms with Gasteiger partial charge in [-0.15, -0.1) is 0 Å². The largest absolute Gasteiger partial charge is 0.493 e. The summed E-state index contributed by atoms with van der Waals surface area (Å²) in [5.41, 5.74) is 1.26. The van der Waals surface area contributed by atoms with Crippen LogP contribution in [0.5, 0.6) is 5.75 Å². The number of carbonyl (C=O) groups is 2. The van der Waals surface area contributed by atoms with Crippen LogP contribution in [-0.4, -0.2) is 63.0 Å². The lowest BCUT2D eigenvalue weighted by Crippen LogP contribution is -2.56. The molecule has 3 amide bonds. The highest BCUT2D eigenvalue weighted by atomic mass is 16.6. The number of hydrogen-bond donors (Lipinski definition) is 1. The Hall–Kier alpha value is -3.23. The Kier molecular flexibility index (Phi) is 8.23. The van der Waals surface area contributed by atoms with Crippen LogP contribution in [0, 0.1) is 11.3 Å². The topological polar surface area (TPSA) is 88.9 Å². The van der Waals surface area contributed by atoms with E-state index in [2.05, 4.69) is 24.3 Å². The third kappa shape index (κ3) is 7.42. The summed E-state index contributed by atoms with van der Waals surface area (Å²) in [7, 11) is 1.87. The van der Waals surface area contributed by atoms with Crippen molar-refractivity contribution in [2.24, 2.45) is 18.4 Å². The van der Waals surface area contributed by atoms with Crippen LogP contribution in [0.3, 0.4) is 0 Å². The molecule has 38 heavy (non-hydrogen) atoms. The number of hydrogen-bond acceptors (Lipinski definition) is 5. The summed E-state index contributed by atoms with van der Waals surface area (Å²) >= 11 is 0. The van der Waals surface area contributed by atoms with Crippen molar-refractivity contribution in [1.29, 1.82) is 0 Å². The van der Waals surface area contributed by atoms with E-state index in [9.17, 15) is 9.59 Å². The lowest BCUT2D eigenvalue weighted by Gasteiger charge is -2.40. The third-order valence-electron chi connectivity index (χ3n) is 7.06. The first-order valence-corrected chi connectivity index (χ1v) is 13.7. The van der Waals surface area contributed by atoms with Gasteiger partial charge in [-0.3, -0.25) is 4.68 Å². The molecule has 2 heterocycles. The predicted molar refractivity (Wildman–Crippen MR) is 146 cm³/mol. The lowest BCUT2D eigenvalue weighted by molar-refractivity contribution is 0.0110. The Balaban J connectivity index is 1.42. The fourth-order valence-corrected chi connectivity index (χ4v) is 4.89. The van der Waals surface area contributed by atoms with E-state index in [4.69, 9.17) is 9.47 Å². The molecular weight excluding hydrogens is 482 g/mol. The highest BCUT2D eigenvalue weighted by Crippen LogP contribution is 2.52. The minimum atomic E-state index is -0.524. The van der Waals surface area contributed by atoms with Gasteiger partial charge in [-0.25, -0.2) is 9.59 Å². The van der Waals surface area contributed by atoms with E-state index in [1.54, 1.807) is 9.58 Å². The number of amides is 3.